The number of fused-ring (bicyclic) bond motifs is 1. The van der Waals surface area contributed by atoms with E-state index in [0.29, 0.717) is 5.92 Å². The topological polar surface area (TPSA) is 37.8 Å². The van der Waals surface area contributed by atoms with Crippen LogP contribution in [0.4, 0.5) is 0 Å². The molecular formula is C18H24ClN3. The summed E-state index contributed by atoms with van der Waals surface area (Å²) in [6.45, 7) is 8.35. The van der Waals surface area contributed by atoms with Crippen molar-refractivity contribution in [2.45, 2.75) is 46.1 Å². The zero-order valence-electron chi connectivity index (χ0n) is 13.5. The van der Waals surface area contributed by atoms with Gasteiger partial charge in [-0.25, -0.2) is 9.97 Å². The van der Waals surface area contributed by atoms with E-state index in [4.69, 9.17) is 9.97 Å². The maximum atomic E-state index is 4.89. The highest BCUT2D eigenvalue weighted by molar-refractivity contribution is 5.85. The smallest absolute Gasteiger partial charge is 0.131 e. The highest BCUT2D eigenvalue weighted by atomic mass is 35.5. The number of nitrogens with zero attached hydrogens (tertiary/aromatic N) is 2. The fraction of sp³-hybridized carbons (Fsp3) is 0.444. The predicted octanol–water partition coefficient (Wildman–Crippen LogP) is 4.03. The van der Waals surface area contributed by atoms with Gasteiger partial charge < -0.3 is 5.32 Å². The first-order valence-corrected chi connectivity index (χ1v) is 7.82. The van der Waals surface area contributed by atoms with Gasteiger partial charge in [0.25, 0.3) is 0 Å². The van der Waals surface area contributed by atoms with Gasteiger partial charge in [0.1, 0.15) is 5.82 Å². The fourth-order valence-corrected chi connectivity index (χ4v) is 2.76. The molecule has 2 aromatic rings. The van der Waals surface area contributed by atoms with E-state index < -0.39 is 0 Å². The van der Waals surface area contributed by atoms with Crippen LogP contribution in [-0.2, 0) is 13.0 Å². The highest BCUT2D eigenvalue weighted by Gasteiger charge is 2.18. The number of rotatable bonds is 2. The molecule has 0 saturated heterocycles. The molecule has 0 unspecified atom stereocenters. The second-order valence-electron chi connectivity index (χ2n) is 6.16. The Bertz CT molecular complexity index is 636. The lowest BCUT2D eigenvalue weighted by molar-refractivity contribution is 0.669. The highest BCUT2D eigenvalue weighted by Crippen LogP contribution is 2.28. The van der Waals surface area contributed by atoms with Gasteiger partial charge in [-0.15, -0.1) is 12.4 Å². The van der Waals surface area contributed by atoms with Crippen molar-refractivity contribution in [1.82, 2.24) is 15.3 Å². The van der Waals surface area contributed by atoms with Crippen molar-refractivity contribution in [3.8, 4) is 11.3 Å². The molecule has 3 rings (SSSR count). The van der Waals surface area contributed by atoms with Gasteiger partial charge in [-0.2, -0.15) is 0 Å². The van der Waals surface area contributed by atoms with E-state index in [9.17, 15) is 0 Å². The Balaban J connectivity index is 0.00000176. The van der Waals surface area contributed by atoms with Crippen molar-refractivity contribution >= 4 is 12.4 Å². The minimum absolute atomic E-state index is 0. The van der Waals surface area contributed by atoms with Crippen LogP contribution < -0.4 is 5.32 Å². The van der Waals surface area contributed by atoms with Crippen LogP contribution in [0.5, 0.6) is 0 Å². The molecule has 1 aromatic heterocycles. The van der Waals surface area contributed by atoms with Gasteiger partial charge in [-0.3, -0.25) is 0 Å². The Labute approximate surface area is 139 Å². The van der Waals surface area contributed by atoms with E-state index in [0.717, 1.165) is 37.4 Å². The Kier molecular flexibility index (Phi) is 5.54. The molecule has 1 N–H and O–H groups in total. The van der Waals surface area contributed by atoms with Crippen molar-refractivity contribution < 1.29 is 0 Å². The minimum Gasteiger partial charge on any atom is -0.311 e. The van der Waals surface area contributed by atoms with Gasteiger partial charge >= 0.3 is 0 Å². The van der Waals surface area contributed by atoms with Gasteiger partial charge in [-0.1, -0.05) is 43.7 Å². The van der Waals surface area contributed by atoms with Gasteiger partial charge in [-0.05, 0) is 26.3 Å². The average molecular weight is 318 g/mol. The molecule has 0 saturated carbocycles. The Morgan fingerprint density at radius 2 is 1.82 bits per heavy atom. The van der Waals surface area contributed by atoms with Crippen molar-refractivity contribution in [2.75, 3.05) is 6.54 Å². The Morgan fingerprint density at radius 1 is 1.09 bits per heavy atom. The van der Waals surface area contributed by atoms with Crippen LogP contribution in [0.2, 0.25) is 0 Å². The summed E-state index contributed by atoms with van der Waals surface area (Å²) in [5, 5.41) is 3.47. The molecule has 0 radical (unpaired) electrons. The van der Waals surface area contributed by atoms with Crippen molar-refractivity contribution in [1.29, 1.82) is 0 Å². The van der Waals surface area contributed by atoms with E-state index >= 15 is 0 Å². The molecule has 0 amide bonds. The maximum Gasteiger partial charge on any atom is 0.131 e. The molecule has 1 aromatic carbocycles. The van der Waals surface area contributed by atoms with Crippen LogP contribution in [-0.4, -0.2) is 16.5 Å². The number of hydrogen-bond donors (Lipinski definition) is 1. The first-order chi connectivity index (χ1) is 10.1. The van der Waals surface area contributed by atoms with Crippen molar-refractivity contribution in [2.24, 2.45) is 0 Å². The largest absolute Gasteiger partial charge is 0.311 e. The van der Waals surface area contributed by atoms with Crippen molar-refractivity contribution in [3.05, 3.63) is 46.9 Å². The molecule has 0 atom stereocenters. The average Bonchev–Trinajstić information content (AvgIpc) is 2.72. The zero-order valence-corrected chi connectivity index (χ0v) is 14.3. The Morgan fingerprint density at radius 3 is 2.50 bits per heavy atom. The molecule has 0 bridgehead atoms. The SMILES string of the molecule is Cc1ccc(-c2nc(C(C)C)nc3c2CCCNC3)cc1.Cl. The lowest BCUT2D eigenvalue weighted by Gasteiger charge is -2.15. The maximum absolute atomic E-state index is 4.89. The second-order valence-corrected chi connectivity index (χ2v) is 6.16. The van der Waals surface area contributed by atoms with Gasteiger partial charge in [0.15, 0.2) is 0 Å². The lowest BCUT2D eigenvalue weighted by atomic mass is 9.99. The first kappa shape index (κ1) is 16.9. The minimum atomic E-state index is 0. The number of aryl methyl sites for hydroxylation is 1. The normalized spacial score (nSPS) is 14.2. The molecular weight excluding hydrogens is 294 g/mol. The van der Waals surface area contributed by atoms with Gasteiger partial charge in [0.2, 0.25) is 0 Å². The summed E-state index contributed by atoms with van der Waals surface area (Å²) < 4.78 is 0. The summed E-state index contributed by atoms with van der Waals surface area (Å²) in [6.07, 6.45) is 2.21. The summed E-state index contributed by atoms with van der Waals surface area (Å²) in [6, 6.07) is 8.68. The summed E-state index contributed by atoms with van der Waals surface area (Å²) >= 11 is 0. The molecule has 4 heteroatoms. The number of benzene rings is 1. The first-order valence-electron chi connectivity index (χ1n) is 7.82. The zero-order chi connectivity index (χ0) is 14.8. The van der Waals surface area contributed by atoms with E-state index in [1.807, 2.05) is 0 Å². The van der Waals surface area contributed by atoms with E-state index in [2.05, 4.69) is 50.4 Å². The molecule has 22 heavy (non-hydrogen) atoms. The summed E-state index contributed by atoms with van der Waals surface area (Å²) in [5.41, 5.74) is 6.13. The van der Waals surface area contributed by atoms with E-state index in [-0.39, 0.29) is 12.4 Å². The van der Waals surface area contributed by atoms with Crippen LogP contribution in [0.1, 0.15) is 48.8 Å². The standard InChI is InChI=1S/C18H23N3.ClH/c1-12(2)18-20-16-11-19-10-4-5-15(16)17(21-18)14-8-6-13(3)7-9-14;/h6-9,12,19H,4-5,10-11H2,1-3H3;1H. The van der Waals surface area contributed by atoms with E-state index in [1.165, 1.54) is 22.4 Å². The van der Waals surface area contributed by atoms with Crippen molar-refractivity contribution in [3.63, 3.8) is 0 Å². The van der Waals surface area contributed by atoms with Gasteiger partial charge in [0, 0.05) is 23.6 Å². The molecule has 0 aliphatic carbocycles. The molecule has 118 valence electrons. The third kappa shape index (κ3) is 3.47. The van der Waals surface area contributed by atoms with E-state index in [1.54, 1.807) is 0 Å². The molecule has 1 aliphatic heterocycles. The second kappa shape index (κ2) is 7.21. The summed E-state index contributed by atoms with van der Waals surface area (Å²) in [4.78, 5) is 9.69. The summed E-state index contributed by atoms with van der Waals surface area (Å²) in [7, 11) is 0. The predicted molar refractivity (Wildman–Crippen MR) is 93.6 cm³/mol. The third-order valence-corrected chi connectivity index (χ3v) is 4.02. The molecule has 0 fully saturated rings. The number of hydrogen-bond acceptors (Lipinski definition) is 3. The molecule has 2 heterocycles. The fourth-order valence-electron chi connectivity index (χ4n) is 2.76. The number of nitrogens with one attached hydrogen (secondary N) is 1. The van der Waals surface area contributed by atoms with Crippen LogP contribution in [0.15, 0.2) is 24.3 Å². The van der Waals surface area contributed by atoms with Crippen LogP contribution in [0.25, 0.3) is 11.3 Å². The third-order valence-electron chi connectivity index (χ3n) is 4.02. The van der Waals surface area contributed by atoms with Crippen LogP contribution >= 0.6 is 12.4 Å². The molecule has 0 spiro atoms. The quantitative estimate of drug-likeness (QED) is 0.908. The van der Waals surface area contributed by atoms with Gasteiger partial charge in [0.05, 0.1) is 11.4 Å². The molecule has 3 nitrogen and oxygen atoms in total. The Hall–Kier alpha value is -1.45. The van der Waals surface area contributed by atoms with Crippen LogP contribution in [0.3, 0.4) is 0 Å². The monoisotopic (exact) mass is 317 g/mol. The number of aromatic nitrogens is 2. The summed E-state index contributed by atoms with van der Waals surface area (Å²) in [5.74, 6) is 1.30. The number of halogens is 1. The lowest BCUT2D eigenvalue weighted by Crippen LogP contribution is -2.14. The van der Waals surface area contributed by atoms with Crippen LogP contribution in [0, 0.1) is 6.92 Å². The molecule has 1 aliphatic rings.